The molecule has 0 radical (unpaired) electrons. The van der Waals surface area contributed by atoms with Crippen LogP contribution >= 0.6 is 11.3 Å². The molecule has 0 bridgehead atoms. The second-order valence-electron chi connectivity index (χ2n) is 7.03. The van der Waals surface area contributed by atoms with Crippen LogP contribution in [0.1, 0.15) is 38.1 Å². The van der Waals surface area contributed by atoms with Crippen LogP contribution in [0, 0.1) is 0 Å². The van der Waals surface area contributed by atoms with Crippen molar-refractivity contribution in [2.24, 2.45) is 0 Å². The standard InChI is InChI=1S/C14H22BNO4S2/c1-13(2)14(3,4)20-15(19-13)12-8-10-9-16(22(5,17)18)7-6-11(10)21-12/h8H,6-7,9H2,1-5H3. The third-order valence-corrected chi connectivity index (χ3v) is 7.31. The molecule has 5 nitrogen and oxygen atoms in total. The molecule has 0 N–H and O–H groups in total. The van der Waals surface area contributed by atoms with Crippen LogP contribution in [0.25, 0.3) is 0 Å². The zero-order valence-electron chi connectivity index (χ0n) is 13.7. The van der Waals surface area contributed by atoms with Crippen LogP contribution in [0.4, 0.5) is 0 Å². The summed E-state index contributed by atoms with van der Waals surface area (Å²) in [6.45, 7) is 9.13. The predicted octanol–water partition coefficient (Wildman–Crippen LogP) is 1.36. The second-order valence-corrected chi connectivity index (χ2v) is 10.2. The van der Waals surface area contributed by atoms with Crippen molar-refractivity contribution in [2.45, 2.75) is 51.9 Å². The highest BCUT2D eigenvalue weighted by molar-refractivity contribution is 7.88. The molecule has 1 aromatic rings. The second kappa shape index (κ2) is 5.04. The van der Waals surface area contributed by atoms with Crippen LogP contribution in [0.3, 0.4) is 0 Å². The van der Waals surface area contributed by atoms with Crippen molar-refractivity contribution in [2.75, 3.05) is 12.8 Å². The molecule has 122 valence electrons. The molecule has 1 aromatic heterocycles. The minimum atomic E-state index is -3.14. The van der Waals surface area contributed by atoms with Gasteiger partial charge in [0.05, 0.1) is 17.5 Å². The molecule has 8 heteroatoms. The van der Waals surface area contributed by atoms with Crippen LogP contribution in [-0.2, 0) is 32.3 Å². The number of rotatable bonds is 2. The van der Waals surface area contributed by atoms with Crippen molar-refractivity contribution in [3.05, 3.63) is 16.5 Å². The molecule has 0 saturated carbocycles. The van der Waals surface area contributed by atoms with Gasteiger partial charge >= 0.3 is 7.12 Å². The molecule has 1 saturated heterocycles. The van der Waals surface area contributed by atoms with Gasteiger partial charge in [0.15, 0.2) is 0 Å². The molecule has 0 amide bonds. The summed E-state index contributed by atoms with van der Waals surface area (Å²) in [4.78, 5) is 1.24. The largest absolute Gasteiger partial charge is 0.505 e. The van der Waals surface area contributed by atoms with E-state index in [-0.39, 0.29) is 18.3 Å². The molecule has 2 aliphatic rings. The molecule has 0 aliphatic carbocycles. The predicted molar refractivity (Wildman–Crippen MR) is 89.0 cm³/mol. The van der Waals surface area contributed by atoms with E-state index in [9.17, 15) is 8.42 Å². The fourth-order valence-electron chi connectivity index (χ4n) is 2.69. The Bertz CT molecular complexity index is 680. The van der Waals surface area contributed by atoms with E-state index in [0.717, 1.165) is 16.8 Å². The minimum absolute atomic E-state index is 0.360. The maximum Gasteiger partial charge on any atom is 0.505 e. The number of sulfonamides is 1. The number of fused-ring (bicyclic) bond motifs is 1. The monoisotopic (exact) mass is 343 g/mol. The first-order valence-corrected chi connectivity index (χ1v) is 10.1. The Labute approximate surface area is 136 Å². The van der Waals surface area contributed by atoms with Gasteiger partial charge in [-0.1, -0.05) is 0 Å². The summed E-state index contributed by atoms with van der Waals surface area (Å²) in [6, 6.07) is 2.04. The van der Waals surface area contributed by atoms with Gasteiger partial charge in [0.1, 0.15) is 0 Å². The summed E-state index contributed by atoms with van der Waals surface area (Å²) in [6.07, 6.45) is 2.02. The lowest BCUT2D eigenvalue weighted by molar-refractivity contribution is 0.00578. The van der Waals surface area contributed by atoms with Crippen molar-refractivity contribution in [3.63, 3.8) is 0 Å². The maximum atomic E-state index is 11.7. The Kier molecular flexibility index (Phi) is 3.77. The van der Waals surface area contributed by atoms with Crippen molar-refractivity contribution < 1.29 is 17.7 Å². The molecule has 3 rings (SSSR count). The third-order valence-electron chi connectivity index (χ3n) is 4.81. The lowest BCUT2D eigenvalue weighted by atomic mass is 9.87. The fraction of sp³-hybridized carbons (Fsp3) is 0.714. The topological polar surface area (TPSA) is 55.8 Å². The minimum Gasteiger partial charge on any atom is -0.399 e. The smallest absolute Gasteiger partial charge is 0.399 e. The molecule has 22 heavy (non-hydrogen) atoms. The van der Waals surface area contributed by atoms with Gasteiger partial charge in [-0.25, -0.2) is 8.42 Å². The zero-order chi connectivity index (χ0) is 16.3. The Hall–Kier alpha value is -0.405. The van der Waals surface area contributed by atoms with Crippen LogP contribution < -0.4 is 4.78 Å². The van der Waals surface area contributed by atoms with Gasteiger partial charge in [0.2, 0.25) is 10.0 Å². The lowest BCUT2D eigenvalue weighted by Gasteiger charge is -2.32. The Morgan fingerprint density at radius 3 is 2.36 bits per heavy atom. The van der Waals surface area contributed by atoms with Crippen LogP contribution in [0.2, 0.25) is 0 Å². The first-order chi connectivity index (χ1) is 9.99. The van der Waals surface area contributed by atoms with Gasteiger partial charge < -0.3 is 9.31 Å². The van der Waals surface area contributed by atoms with Gasteiger partial charge in [-0.05, 0) is 45.7 Å². The van der Waals surface area contributed by atoms with E-state index in [1.165, 1.54) is 15.4 Å². The molecule has 0 unspecified atom stereocenters. The van der Waals surface area contributed by atoms with E-state index in [1.807, 2.05) is 33.8 Å². The average molecular weight is 343 g/mol. The summed E-state index contributed by atoms with van der Waals surface area (Å²) in [5, 5.41) is 0. The van der Waals surface area contributed by atoms with Crippen LogP contribution in [0.15, 0.2) is 6.07 Å². The van der Waals surface area contributed by atoms with Gasteiger partial charge in [-0.2, -0.15) is 4.31 Å². The summed E-state index contributed by atoms with van der Waals surface area (Å²) >= 11 is 1.68. The summed E-state index contributed by atoms with van der Waals surface area (Å²) in [5.74, 6) is 0. The fourth-order valence-corrected chi connectivity index (χ4v) is 4.61. The van der Waals surface area contributed by atoms with E-state index in [1.54, 1.807) is 11.3 Å². The van der Waals surface area contributed by atoms with Crippen molar-refractivity contribution >= 4 is 33.3 Å². The first-order valence-electron chi connectivity index (χ1n) is 7.42. The van der Waals surface area contributed by atoms with Crippen molar-refractivity contribution in [1.82, 2.24) is 4.31 Å². The number of hydrogen-bond donors (Lipinski definition) is 0. The zero-order valence-corrected chi connectivity index (χ0v) is 15.3. The number of hydrogen-bond acceptors (Lipinski definition) is 5. The number of thiophene rings is 1. The SMILES string of the molecule is CC1(C)OB(c2cc3c(s2)CCN(S(C)(=O)=O)C3)OC1(C)C. The average Bonchev–Trinajstić information content (AvgIpc) is 2.86. The summed E-state index contributed by atoms with van der Waals surface area (Å²) in [7, 11) is -3.51. The highest BCUT2D eigenvalue weighted by Crippen LogP contribution is 2.37. The van der Waals surface area contributed by atoms with E-state index >= 15 is 0 Å². The molecular weight excluding hydrogens is 321 g/mol. The summed E-state index contributed by atoms with van der Waals surface area (Å²) < 4.78 is 38.1. The van der Waals surface area contributed by atoms with Crippen molar-refractivity contribution in [1.29, 1.82) is 0 Å². The van der Waals surface area contributed by atoms with Crippen molar-refractivity contribution in [3.8, 4) is 0 Å². The molecule has 0 aromatic carbocycles. The normalized spacial score (nSPS) is 24.5. The van der Waals surface area contributed by atoms with Gasteiger partial charge in [-0.15, -0.1) is 11.3 Å². The van der Waals surface area contributed by atoms with Crippen LogP contribution in [0.5, 0.6) is 0 Å². The molecule has 2 aliphatic heterocycles. The quantitative estimate of drug-likeness (QED) is 0.761. The summed E-state index contributed by atoms with van der Waals surface area (Å²) in [5.41, 5.74) is 0.355. The third kappa shape index (κ3) is 2.75. The van der Waals surface area contributed by atoms with Gasteiger partial charge in [0, 0.05) is 22.7 Å². The van der Waals surface area contributed by atoms with Gasteiger partial charge in [-0.3, -0.25) is 0 Å². The Morgan fingerprint density at radius 2 is 1.82 bits per heavy atom. The van der Waals surface area contributed by atoms with E-state index in [2.05, 4.69) is 0 Å². The van der Waals surface area contributed by atoms with E-state index in [4.69, 9.17) is 9.31 Å². The maximum absolute atomic E-state index is 11.7. The number of nitrogens with zero attached hydrogens (tertiary/aromatic N) is 1. The molecule has 1 fully saturated rings. The lowest BCUT2D eigenvalue weighted by Crippen LogP contribution is -2.41. The molecule has 0 atom stereocenters. The van der Waals surface area contributed by atoms with E-state index < -0.39 is 10.0 Å². The highest BCUT2D eigenvalue weighted by Gasteiger charge is 2.52. The Morgan fingerprint density at radius 1 is 1.23 bits per heavy atom. The molecule has 0 spiro atoms. The van der Waals surface area contributed by atoms with E-state index in [0.29, 0.717) is 13.1 Å². The van der Waals surface area contributed by atoms with Crippen LogP contribution in [-0.4, -0.2) is 43.8 Å². The highest BCUT2D eigenvalue weighted by atomic mass is 32.2. The molecular formula is C14H22BNO4S2. The Balaban J connectivity index is 1.84. The first kappa shape index (κ1) is 16.5. The molecule has 3 heterocycles. The van der Waals surface area contributed by atoms with Gasteiger partial charge in [0.25, 0.3) is 0 Å².